The standard InChI is InChI=1S/C30H36N2O5S/c1-3-31-19-10-5-11-20-32(38(34,35)27-16-12-15-26(22-27)36-2)25(21-24-13-6-4-7-14-24)23-37-29-18-9-8-17-28(29)30(31)33/h4,6-9,12-18,22,25H,3,5,10-11,19-21,23H2,1-2H3/t25-/m1/s1. The van der Waals surface area contributed by atoms with Gasteiger partial charge in [0.15, 0.2) is 0 Å². The molecule has 0 saturated heterocycles. The maximum atomic E-state index is 14.1. The van der Waals surface area contributed by atoms with Gasteiger partial charge in [-0.25, -0.2) is 8.42 Å². The molecular formula is C30H36N2O5S. The Balaban J connectivity index is 1.75. The van der Waals surface area contributed by atoms with Crippen LogP contribution in [0.4, 0.5) is 0 Å². The molecule has 3 aromatic carbocycles. The molecule has 1 aliphatic rings. The average molecular weight is 537 g/mol. The molecule has 1 amide bonds. The normalized spacial score (nSPS) is 17.9. The van der Waals surface area contributed by atoms with E-state index >= 15 is 0 Å². The van der Waals surface area contributed by atoms with Gasteiger partial charge in [-0.1, -0.05) is 55.0 Å². The van der Waals surface area contributed by atoms with Crippen LogP contribution in [0.15, 0.2) is 83.8 Å². The number of para-hydroxylation sites is 1. The molecule has 38 heavy (non-hydrogen) atoms. The zero-order valence-electron chi connectivity index (χ0n) is 22.1. The van der Waals surface area contributed by atoms with Crippen molar-refractivity contribution in [2.45, 2.75) is 43.5 Å². The van der Waals surface area contributed by atoms with E-state index in [2.05, 4.69) is 0 Å². The summed E-state index contributed by atoms with van der Waals surface area (Å²) in [4.78, 5) is 15.4. The molecule has 1 aliphatic heterocycles. The Morgan fingerprint density at radius 3 is 2.42 bits per heavy atom. The maximum Gasteiger partial charge on any atom is 0.257 e. The zero-order chi connectivity index (χ0) is 27.0. The van der Waals surface area contributed by atoms with E-state index in [-0.39, 0.29) is 17.4 Å². The smallest absolute Gasteiger partial charge is 0.257 e. The van der Waals surface area contributed by atoms with E-state index in [0.717, 1.165) is 18.4 Å². The van der Waals surface area contributed by atoms with Crippen molar-refractivity contribution in [1.29, 1.82) is 0 Å². The van der Waals surface area contributed by atoms with Crippen molar-refractivity contribution in [2.75, 3.05) is 33.4 Å². The second-order valence-corrected chi connectivity index (χ2v) is 11.3. The summed E-state index contributed by atoms with van der Waals surface area (Å²) in [5, 5.41) is 0. The second kappa shape index (κ2) is 12.9. The predicted molar refractivity (Wildman–Crippen MR) is 148 cm³/mol. The summed E-state index contributed by atoms with van der Waals surface area (Å²) in [6, 6.07) is 23.1. The van der Waals surface area contributed by atoms with Crippen LogP contribution in [0.1, 0.15) is 42.1 Å². The van der Waals surface area contributed by atoms with E-state index in [1.54, 1.807) is 40.7 Å². The third-order valence-electron chi connectivity index (χ3n) is 6.89. The van der Waals surface area contributed by atoms with Crippen molar-refractivity contribution >= 4 is 15.9 Å². The number of fused-ring (bicyclic) bond motifs is 1. The highest BCUT2D eigenvalue weighted by atomic mass is 32.2. The van der Waals surface area contributed by atoms with E-state index in [1.807, 2.05) is 54.3 Å². The maximum absolute atomic E-state index is 14.1. The van der Waals surface area contributed by atoms with Gasteiger partial charge >= 0.3 is 0 Å². The molecule has 202 valence electrons. The van der Waals surface area contributed by atoms with Crippen molar-refractivity contribution in [2.24, 2.45) is 0 Å². The Labute approximate surface area is 226 Å². The molecule has 0 aromatic heterocycles. The number of nitrogens with zero attached hydrogens (tertiary/aromatic N) is 2. The van der Waals surface area contributed by atoms with Crippen molar-refractivity contribution < 1.29 is 22.7 Å². The first-order valence-electron chi connectivity index (χ1n) is 13.1. The third-order valence-corrected chi connectivity index (χ3v) is 8.84. The van der Waals surface area contributed by atoms with Gasteiger partial charge in [0.25, 0.3) is 5.91 Å². The number of amides is 1. The highest BCUT2D eigenvalue weighted by Gasteiger charge is 2.33. The van der Waals surface area contributed by atoms with Gasteiger partial charge in [0, 0.05) is 25.7 Å². The molecule has 1 atom stereocenters. The molecule has 0 bridgehead atoms. The Morgan fingerprint density at radius 2 is 1.66 bits per heavy atom. The molecule has 3 aromatic rings. The lowest BCUT2D eigenvalue weighted by Gasteiger charge is -2.31. The number of rotatable bonds is 6. The Hall–Kier alpha value is -3.36. The number of carbonyl (C=O) groups excluding carboxylic acids is 1. The van der Waals surface area contributed by atoms with E-state index in [4.69, 9.17) is 9.47 Å². The molecular weight excluding hydrogens is 500 g/mol. The van der Waals surface area contributed by atoms with Crippen molar-refractivity contribution in [3.8, 4) is 11.5 Å². The molecule has 8 heteroatoms. The molecule has 0 spiro atoms. The van der Waals surface area contributed by atoms with Crippen LogP contribution in [0.3, 0.4) is 0 Å². The highest BCUT2D eigenvalue weighted by Crippen LogP contribution is 2.27. The molecule has 0 aliphatic carbocycles. The number of carbonyl (C=O) groups is 1. The topological polar surface area (TPSA) is 76.2 Å². The predicted octanol–water partition coefficient (Wildman–Crippen LogP) is 5.02. The molecule has 0 saturated carbocycles. The largest absolute Gasteiger partial charge is 0.497 e. The van der Waals surface area contributed by atoms with Crippen LogP contribution in [0.5, 0.6) is 11.5 Å². The first kappa shape index (κ1) is 27.7. The van der Waals surface area contributed by atoms with E-state index in [0.29, 0.717) is 49.5 Å². The van der Waals surface area contributed by atoms with E-state index in [1.165, 1.54) is 7.11 Å². The molecule has 0 radical (unpaired) electrons. The lowest BCUT2D eigenvalue weighted by atomic mass is 10.1. The van der Waals surface area contributed by atoms with Gasteiger partial charge in [0.2, 0.25) is 10.0 Å². The van der Waals surface area contributed by atoms with Crippen LogP contribution in [0, 0.1) is 0 Å². The van der Waals surface area contributed by atoms with Crippen molar-refractivity contribution in [3.05, 3.63) is 90.0 Å². The summed E-state index contributed by atoms with van der Waals surface area (Å²) in [5.41, 5.74) is 1.51. The van der Waals surface area contributed by atoms with Crippen LogP contribution in [-0.4, -0.2) is 62.9 Å². The number of methoxy groups -OCH3 is 1. The Kier molecular flexibility index (Phi) is 9.42. The highest BCUT2D eigenvalue weighted by molar-refractivity contribution is 7.89. The molecule has 0 N–H and O–H groups in total. The van der Waals surface area contributed by atoms with Crippen LogP contribution < -0.4 is 9.47 Å². The first-order chi connectivity index (χ1) is 18.4. The fraction of sp³-hybridized carbons (Fsp3) is 0.367. The van der Waals surface area contributed by atoms with Crippen molar-refractivity contribution in [1.82, 2.24) is 9.21 Å². The van der Waals surface area contributed by atoms with Crippen molar-refractivity contribution in [3.63, 3.8) is 0 Å². The fourth-order valence-electron chi connectivity index (χ4n) is 4.80. The molecule has 4 rings (SSSR count). The molecule has 0 fully saturated rings. The summed E-state index contributed by atoms with van der Waals surface area (Å²) < 4.78 is 41.3. The van der Waals surface area contributed by atoms with E-state index in [9.17, 15) is 13.2 Å². The van der Waals surface area contributed by atoms with Gasteiger partial charge in [-0.3, -0.25) is 4.79 Å². The lowest BCUT2D eigenvalue weighted by Crippen LogP contribution is -2.45. The summed E-state index contributed by atoms with van der Waals surface area (Å²) >= 11 is 0. The summed E-state index contributed by atoms with van der Waals surface area (Å²) in [5.74, 6) is 0.884. The van der Waals surface area contributed by atoms with Gasteiger partial charge < -0.3 is 14.4 Å². The van der Waals surface area contributed by atoms with E-state index < -0.39 is 16.1 Å². The quantitative estimate of drug-likeness (QED) is 0.442. The SMILES string of the molecule is CCN1CCCCCN(S(=O)(=O)c2cccc(OC)c2)[C@H](Cc2ccccc2)COc2ccccc2C1=O. The monoisotopic (exact) mass is 536 g/mol. The Bertz CT molecular complexity index is 1310. The number of sulfonamides is 1. The number of hydrogen-bond donors (Lipinski definition) is 0. The lowest BCUT2D eigenvalue weighted by molar-refractivity contribution is 0.0757. The summed E-state index contributed by atoms with van der Waals surface area (Å²) in [7, 11) is -2.35. The summed E-state index contributed by atoms with van der Waals surface area (Å²) in [6.07, 6.45) is 2.74. The minimum Gasteiger partial charge on any atom is -0.497 e. The fourth-order valence-corrected chi connectivity index (χ4v) is 6.49. The zero-order valence-corrected chi connectivity index (χ0v) is 22.9. The summed E-state index contributed by atoms with van der Waals surface area (Å²) in [6.45, 7) is 3.63. The first-order valence-corrected chi connectivity index (χ1v) is 14.6. The second-order valence-electron chi connectivity index (χ2n) is 9.39. The molecule has 7 nitrogen and oxygen atoms in total. The Morgan fingerprint density at radius 1 is 0.921 bits per heavy atom. The third kappa shape index (κ3) is 6.55. The van der Waals surface area contributed by atoms with Gasteiger partial charge in [-0.05, 0) is 56.0 Å². The van der Waals surface area contributed by atoms with Gasteiger partial charge in [0.05, 0.1) is 23.6 Å². The van der Waals surface area contributed by atoms with Crippen LogP contribution in [-0.2, 0) is 16.4 Å². The molecule has 1 heterocycles. The van der Waals surface area contributed by atoms with Crippen LogP contribution >= 0.6 is 0 Å². The number of hydrogen-bond acceptors (Lipinski definition) is 5. The van der Waals surface area contributed by atoms with Gasteiger partial charge in [-0.2, -0.15) is 4.31 Å². The van der Waals surface area contributed by atoms with Gasteiger partial charge in [0.1, 0.15) is 18.1 Å². The number of benzene rings is 3. The average Bonchev–Trinajstić information content (AvgIpc) is 2.96. The molecule has 0 unspecified atom stereocenters. The minimum atomic E-state index is -3.87. The van der Waals surface area contributed by atoms with Crippen LogP contribution in [0.2, 0.25) is 0 Å². The van der Waals surface area contributed by atoms with Crippen LogP contribution in [0.25, 0.3) is 0 Å². The minimum absolute atomic E-state index is 0.0668. The number of ether oxygens (including phenoxy) is 2. The van der Waals surface area contributed by atoms with Gasteiger partial charge in [-0.15, -0.1) is 0 Å².